The molecule has 0 atom stereocenters. The van der Waals surface area contributed by atoms with Gasteiger partial charge < -0.3 is 10.1 Å². The van der Waals surface area contributed by atoms with Crippen molar-refractivity contribution in [3.63, 3.8) is 0 Å². The quantitative estimate of drug-likeness (QED) is 0.856. The number of hydrogen-bond donors (Lipinski definition) is 1. The number of amides is 1. The number of hydrogen-bond acceptors (Lipinski definition) is 3. The van der Waals surface area contributed by atoms with Gasteiger partial charge in [-0.05, 0) is 41.5 Å². The van der Waals surface area contributed by atoms with Gasteiger partial charge in [0, 0.05) is 11.1 Å². The number of benzene rings is 2. The highest BCUT2D eigenvalue weighted by molar-refractivity contribution is 5.98. The summed E-state index contributed by atoms with van der Waals surface area (Å²) in [5, 5.41) is 2.80. The summed E-state index contributed by atoms with van der Waals surface area (Å²) in [7, 11) is 1.29. The van der Waals surface area contributed by atoms with Crippen molar-refractivity contribution >= 4 is 17.6 Å². The van der Waals surface area contributed by atoms with Crippen LogP contribution in [0.1, 0.15) is 31.1 Å². The number of rotatable bonds is 3. The fraction of sp³-hybridized carbons (Fsp3) is 0.263. The van der Waals surface area contributed by atoms with Crippen LogP contribution in [0.25, 0.3) is 11.1 Å². The lowest BCUT2D eigenvalue weighted by Gasteiger charge is -2.18. The fourth-order valence-electron chi connectivity index (χ4n) is 2.06. The average molecular weight is 329 g/mol. The van der Waals surface area contributed by atoms with Crippen LogP contribution in [0.2, 0.25) is 0 Å². The molecule has 2 rings (SSSR count). The Kier molecular flexibility index (Phi) is 5.02. The zero-order valence-corrected chi connectivity index (χ0v) is 14.1. The van der Waals surface area contributed by atoms with E-state index in [4.69, 9.17) is 4.74 Å². The number of anilines is 1. The predicted molar refractivity (Wildman–Crippen MR) is 91.3 cm³/mol. The first kappa shape index (κ1) is 17.7. The molecule has 0 fully saturated rings. The molecule has 0 heterocycles. The third-order valence-corrected chi connectivity index (χ3v) is 3.47. The molecule has 1 amide bonds. The van der Waals surface area contributed by atoms with E-state index >= 15 is 0 Å². The lowest BCUT2D eigenvalue weighted by atomic mass is 9.95. The van der Waals surface area contributed by atoms with Gasteiger partial charge in [-0.25, -0.2) is 9.18 Å². The van der Waals surface area contributed by atoms with Gasteiger partial charge in [0.1, 0.15) is 5.82 Å². The van der Waals surface area contributed by atoms with Crippen LogP contribution in [0, 0.1) is 11.2 Å². The lowest BCUT2D eigenvalue weighted by molar-refractivity contribution is -0.123. The summed E-state index contributed by atoms with van der Waals surface area (Å²) in [4.78, 5) is 24.1. The first-order valence-electron chi connectivity index (χ1n) is 7.51. The molecule has 0 radical (unpaired) electrons. The Morgan fingerprint density at radius 1 is 1.00 bits per heavy atom. The molecule has 2 aromatic rings. The van der Waals surface area contributed by atoms with Crippen molar-refractivity contribution in [3.8, 4) is 11.1 Å². The Bertz CT molecular complexity index is 761. The van der Waals surface area contributed by atoms with E-state index in [2.05, 4.69) is 5.32 Å². The van der Waals surface area contributed by atoms with Crippen molar-refractivity contribution in [1.82, 2.24) is 0 Å². The summed E-state index contributed by atoms with van der Waals surface area (Å²) in [5.74, 6) is -1.02. The van der Waals surface area contributed by atoms with Crippen molar-refractivity contribution in [2.45, 2.75) is 20.8 Å². The summed E-state index contributed by atoms with van der Waals surface area (Å²) in [5.41, 5.74) is 1.63. The molecule has 126 valence electrons. The van der Waals surface area contributed by atoms with Gasteiger partial charge in [-0.15, -0.1) is 0 Å². The van der Waals surface area contributed by atoms with E-state index in [9.17, 15) is 14.0 Å². The number of carbonyl (C=O) groups is 2. The minimum Gasteiger partial charge on any atom is -0.465 e. The third-order valence-electron chi connectivity index (χ3n) is 3.47. The predicted octanol–water partition coefficient (Wildman–Crippen LogP) is 4.26. The molecule has 0 aromatic heterocycles. The summed E-state index contributed by atoms with van der Waals surface area (Å²) < 4.78 is 17.9. The molecule has 0 aliphatic carbocycles. The molecule has 0 spiro atoms. The number of halogens is 1. The van der Waals surface area contributed by atoms with E-state index in [1.54, 1.807) is 51.1 Å². The summed E-state index contributed by atoms with van der Waals surface area (Å²) in [6.07, 6.45) is 0. The van der Waals surface area contributed by atoms with Gasteiger partial charge in [0.2, 0.25) is 5.91 Å². The van der Waals surface area contributed by atoms with Crippen LogP contribution in [0.3, 0.4) is 0 Å². The topological polar surface area (TPSA) is 55.4 Å². The number of carbonyl (C=O) groups excluding carboxylic acids is 2. The van der Waals surface area contributed by atoms with Crippen LogP contribution in [0.15, 0.2) is 42.5 Å². The van der Waals surface area contributed by atoms with Crippen LogP contribution >= 0.6 is 0 Å². The zero-order valence-electron chi connectivity index (χ0n) is 14.1. The first-order valence-corrected chi connectivity index (χ1v) is 7.51. The maximum absolute atomic E-state index is 13.1. The Balaban J connectivity index is 2.47. The summed E-state index contributed by atoms with van der Waals surface area (Å²) >= 11 is 0. The smallest absolute Gasteiger partial charge is 0.337 e. The molecule has 5 heteroatoms. The summed E-state index contributed by atoms with van der Waals surface area (Å²) in [6.45, 7) is 5.40. The normalized spacial score (nSPS) is 11.0. The first-order chi connectivity index (χ1) is 11.2. The lowest BCUT2D eigenvalue weighted by Crippen LogP contribution is -2.27. The van der Waals surface area contributed by atoms with Crippen molar-refractivity contribution < 1.29 is 18.7 Å². The zero-order chi connectivity index (χ0) is 17.9. The van der Waals surface area contributed by atoms with E-state index in [0.717, 1.165) is 5.56 Å². The van der Waals surface area contributed by atoms with E-state index in [-0.39, 0.29) is 11.7 Å². The Hall–Kier alpha value is -2.69. The van der Waals surface area contributed by atoms with Crippen LogP contribution in [0.4, 0.5) is 10.1 Å². The van der Waals surface area contributed by atoms with E-state index in [0.29, 0.717) is 16.8 Å². The Morgan fingerprint density at radius 3 is 2.17 bits per heavy atom. The second-order valence-electron chi connectivity index (χ2n) is 6.50. The van der Waals surface area contributed by atoms with Crippen LogP contribution in [0.5, 0.6) is 0 Å². The molecule has 0 saturated carbocycles. The van der Waals surface area contributed by atoms with Gasteiger partial charge in [0.15, 0.2) is 0 Å². The van der Waals surface area contributed by atoms with Crippen LogP contribution < -0.4 is 5.32 Å². The van der Waals surface area contributed by atoms with Crippen molar-refractivity contribution in [2.75, 3.05) is 12.4 Å². The van der Waals surface area contributed by atoms with Crippen molar-refractivity contribution in [1.29, 1.82) is 0 Å². The average Bonchev–Trinajstić information content (AvgIpc) is 2.53. The molecular formula is C19H20FNO3. The molecule has 0 unspecified atom stereocenters. The van der Waals surface area contributed by atoms with Gasteiger partial charge in [0.05, 0.1) is 12.7 Å². The molecule has 4 nitrogen and oxygen atoms in total. The molecule has 0 saturated heterocycles. The monoisotopic (exact) mass is 329 g/mol. The highest BCUT2D eigenvalue weighted by atomic mass is 19.1. The highest BCUT2D eigenvalue weighted by Crippen LogP contribution is 2.27. The van der Waals surface area contributed by atoms with Crippen molar-refractivity contribution in [2.24, 2.45) is 5.41 Å². The number of esters is 1. The molecule has 1 N–H and O–H groups in total. The third kappa shape index (κ3) is 4.19. The minimum atomic E-state index is -0.572. The Labute approximate surface area is 140 Å². The Morgan fingerprint density at radius 2 is 1.62 bits per heavy atom. The number of methoxy groups -OCH3 is 1. The second kappa shape index (κ2) is 6.83. The van der Waals surface area contributed by atoms with E-state index in [1.807, 2.05) is 0 Å². The van der Waals surface area contributed by atoms with Gasteiger partial charge in [-0.2, -0.15) is 0 Å². The molecule has 0 aliphatic rings. The van der Waals surface area contributed by atoms with Gasteiger partial charge >= 0.3 is 5.97 Å². The minimum absolute atomic E-state index is 0.172. The van der Waals surface area contributed by atoms with Crippen LogP contribution in [-0.2, 0) is 9.53 Å². The van der Waals surface area contributed by atoms with Crippen molar-refractivity contribution in [3.05, 3.63) is 53.8 Å². The van der Waals surface area contributed by atoms with Crippen LogP contribution in [-0.4, -0.2) is 19.0 Å². The largest absolute Gasteiger partial charge is 0.465 e. The van der Waals surface area contributed by atoms with Gasteiger partial charge in [-0.1, -0.05) is 32.9 Å². The highest BCUT2D eigenvalue weighted by Gasteiger charge is 2.22. The molecule has 2 aromatic carbocycles. The summed E-state index contributed by atoms with van der Waals surface area (Å²) in [6, 6.07) is 10.8. The molecule has 24 heavy (non-hydrogen) atoms. The fourth-order valence-corrected chi connectivity index (χ4v) is 2.06. The molecular weight excluding hydrogens is 309 g/mol. The maximum atomic E-state index is 13.1. The van der Waals surface area contributed by atoms with Gasteiger partial charge in [0.25, 0.3) is 0 Å². The SMILES string of the molecule is COC(=O)c1cc(NC(=O)C(C)(C)C)cc(-c2ccc(F)cc2)c1. The number of nitrogens with one attached hydrogen (secondary N) is 1. The maximum Gasteiger partial charge on any atom is 0.337 e. The van der Waals surface area contributed by atoms with E-state index in [1.165, 1.54) is 19.2 Å². The second-order valence-corrected chi connectivity index (χ2v) is 6.50. The van der Waals surface area contributed by atoms with E-state index < -0.39 is 11.4 Å². The molecule has 0 aliphatic heterocycles. The molecule has 0 bridgehead atoms. The number of ether oxygens (including phenoxy) is 1. The standard InChI is InChI=1S/C19H20FNO3/c1-19(2,3)18(23)21-16-10-13(9-14(11-16)17(22)24-4)12-5-7-15(20)8-6-12/h5-11H,1-4H3,(H,21,23). The van der Waals surface area contributed by atoms with Gasteiger partial charge in [-0.3, -0.25) is 4.79 Å².